The number of halogens is 1. The van der Waals surface area contributed by atoms with Crippen molar-refractivity contribution in [3.63, 3.8) is 0 Å². The maximum Gasteiger partial charge on any atom is 0.262 e. The zero-order chi connectivity index (χ0) is 24.4. The van der Waals surface area contributed by atoms with Crippen LogP contribution in [0.5, 0.6) is 0 Å². The highest BCUT2D eigenvalue weighted by Crippen LogP contribution is 2.38. The summed E-state index contributed by atoms with van der Waals surface area (Å²) in [6, 6.07) is 23.2. The zero-order valence-electron chi connectivity index (χ0n) is 19.0. The summed E-state index contributed by atoms with van der Waals surface area (Å²) in [5.74, 6) is -0.963. The smallest absolute Gasteiger partial charge is 0.262 e. The fraction of sp³-hybridized carbons (Fsp3) is 0.185. The first-order valence-corrected chi connectivity index (χ1v) is 12.2. The van der Waals surface area contributed by atoms with E-state index in [1.165, 1.54) is 23.9 Å². The summed E-state index contributed by atoms with van der Waals surface area (Å²) >= 11 is 1.22. The molecule has 2 unspecified atom stereocenters. The average molecular weight is 487 g/mol. The third-order valence-corrected chi connectivity index (χ3v) is 7.02. The highest BCUT2D eigenvalue weighted by atomic mass is 32.2. The van der Waals surface area contributed by atoms with E-state index in [1.54, 1.807) is 23.2 Å². The van der Waals surface area contributed by atoms with E-state index in [0.717, 1.165) is 22.4 Å². The van der Waals surface area contributed by atoms with Crippen molar-refractivity contribution >= 4 is 40.1 Å². The highest BCUT2D eigenvalue weighted by molar-refractivity contribution is 8.15. The molecular weight excluding hydrogens is 463 g/mol. The second-order valence-electron chi connectivity index (χ2n) is 8.49. The van der Waals surface area contributed by atoms with Gasteiger partial charge in [0, 0.05) is 18.5 Å². The van der Waals surface area contributed by atoms with E-state index in [0.29, 0.717) is 17.3 Å². The van der Waals surface area contributed by atoms with E-state index < -0.39 is 5.25 Å². The molecule has 5 rings (SSSR count). The number of carbonyl (C=O) groups excluding carboxylic acids is 2. The van der Waals surface area contributed by atoms with Crippen molar-refractivity contribution in [2.24, 2.45) is 10.1 Å². The minimum Gasteiger partial charge on any atom is -0.326 e. The van der Waals surface area contributed by atoms with E-state index in [1.807, 2.05) is 55.5 Å². The van der Waals surface area contributed by atoms with Gasteiger partial charge in [-0.25, -0.2) is 9.40 Å². The molecule has 0 aromatic heterocycles. The summed E-state index contributed by atoms with van der Waals surface area (Å²) in [5.41, 5.74) is 4.36. The van der Waals surface area contributed by atoms with Crippen molar-refractivity contribution in [3.8, 4) is 0 Å². The van der Waals surface area contributed by atoms with E-state index in [4.69, 9.17) is 5.10 Å². The molecule has 2 amide bonds. The van der Waals surface area contributed by atoms with Crippen LogP contribution in [0.4, 0.5) is 10.1 Å². The lowest BCUT2D eigenvalue weighted by Crippen LogP contribution is -2.25. The van der Waals surface area contributed by atoms with Crippen molar-refractivity contribution < 1.29 is 14.0 Å². The number of amidine groups is 1. The number of hydrazone groups is 1. The first-order valence-electron chi connectivity index (χ1n) is 11.3. The van der Waals surface area contributed by atoms with E-state index in [2.05, 4.69) is 10.3 Å². The van der Waals surface area contributed by atoms with Gasteiger partial charge >= 0.3 is 0 Å². The fourth-order valence-electron chi connectivity index (χ4n) is 4.09. The molecule has 2 heterocycles. The van der Waals surface area contributed by atoms with Crippen LogP contribution in [0.1, 0.15) is 35.6 Å². The molecule has 176 valence electrons. The Morgan fingerprint density at radius 3 is 2.60 bits per heavy atom. The van der Waals surface area contributed by atoms with Gasteiger partial charge in [-0.05, 0) is 42.3 Å². The van der Waals surface area contributed by atoms with Gasteiger partial charge in [0.2, 0.25) is 5.91 Å². The molecule has 0 radical (unpaired) electrons. The largest absolute Gasteiger partial charge is 0.326 e. The van der Waals surface area contributed by atoms with Gasteiger partial charge in [0.15, 0.2) is 5.17 Å². The van der Waals surface area contributed by atoms with Crippen molar-refractivity contribution in [2.45, 2.75) is 31.1 Å². The van der Waals surface area contributed by atoms with Crippen molar-refractivity contribution in [1.82, 2.24) is 5.01 Å². The quantitative estimate of drug-likeness (QED) is 0.530. The molecule has 0 spiro atoms. The van der Waals surface area contributed by atoms with Crippen molar-refractivity contribution in [3.05, 3.63) is 101 Å². The summed E-state index contributed by atoms with van der Waals surface area (Å²) in [6.45, 7) is 2.02. The lowest BCUT2D eigenvalue weighted by atomic mass is 9.98. The predicted molar refractivity (Wildman–Crippen MR) is 137 cm³/mol. The Morgan fingerprint density at radius 2 is 1.86 bits per heavy atom. The molecule has 0 saturated heterocycles. The zero-order valence-corrected chi connectivity index (χ0v) is 19.8. The molecule has 6 nitrogen and oxygen atoms in total. The second kappa shape index (κ2) is 9.84. The number of thioether (sulfide) groups is 1. The standard InChI is InChI=1S/C27H23FN4O2S/c1-17-10-12-18(13-11-17)22-15-23(19-6-5-7-20(28)14-19)32(31-22)27-30-26(34)24(35-27)16-25(33)29-21-8-3-2-4-9-21/h2-14,23-24H,15-16H2,1H3,(H,29,33). The molecule has 3 aromatic rings. The van der Waals surface area contributed by atoms with E-state index in [9.17, 15) is 14.0 Å². The number of nitrogens with one attached hydrogen (secondary N) is 1. The second-order valence-corrected chi connectivity index (χ2v) is 9.66. The van der Waals surface area contributed by atoms with Crippen LogP contribution in [0.2, 0.25) is 0 Å². The number of carbonyl (C=O) groups is 2. The molecule has 0 aliphatic carbocycles. The van der Waals surface area contributed by atoms with Gasteiger partial charge in [0.1, 0.15) is 11.1 Å². The van der Waals surface area contributed by atoms with Gasteiger partial charge in [-0.3, -0.25) is 9.59 Å². The molecule has 35 heavy (non-hydrogen) atoms. The number of hydrogen-bond acceptors (Lipinski definition) is 5. The Morgan fingerprint density at radius 1 is 1.09 bits per heavy atom. The molecular formula is C27H23FN4O2S. The molecule has 0 bridgehead atoms. The Balaban J connectivity index is 1.37. The van der Waals surface area contributed by atoms with Gasteiger partial charge in [-0.2, -0.15) is 10.1 Å². The Labute approximate surface area is 207 Å². The topological polar surface area (TPSA) is 74.1 Å². The number of amides is 2. The Kier molecular flexibility index (Phi) is 6.46. The Bertz CT molecular complexity index is 1320. The molecule has 1 N–H and O–H groups in total. The third kappa shape index (κ3) is 5.17. The number of para-hydroxylation sites is 1. The van der Waals surface area contributed by atoms with Crippen LogP contribution in [-0.4, -0.2) is 33.0 Å². The maximum atomic E-state index is 14.0. The highest BCUT2D eigenvalue weighted by Gasteiger charge is 2.39. The molecule has 0 fully saturated rings. The van der Waals surface area contributed by atoms with Crippen LogP contribution in [0.3, 0.4) is 0 Å². The number of aliphatic imine (C=N–C) groups is 1. The normalized spacial score (nSPS) is 19.5. The van der Waals surface area contributed by atoms with Crippen LogP contribution in [0.15, 0.2) is 89.0 Å². The molecule has 2 atom stereocenters. The minimum absolute atomic E-state index is 0.00159. The predicted octanol–water partition coefficient (Wildman–Crippen LogP) is 5.31. The molecule has 8 heteroatoms. The number of hydrogen-bond donors (Lipinski definition) is 1. The number of rotatable bonds is 5. The maximum absolute atomic E-state index is 14.0. The number of aryl methyl sites for hydroxylation is 1. The Hall–Kier alpha value is -3.78. The lowest BCUT2D eigenvalue weighted by Gasteiger charge is -2.23. The third-order valence-electron chi connectivity index (χ3n) is 5.88. The molecule has 2 aliphatic heterocycles. The number of anilines is 1. The molecule has 3 aromatic carbocycles. The summed E-state index contributed by atoms with van der Waals surface area (Å²) in [4.78, 5) is 29.4. The first kappa shape index (κ1) is 23.0. The fourth-order valence-corrected chi connectivity index (χ4v) is 5.15. The molecule has 0 saturated carbocycles. The SMILES string of the molecule is Cc1ccc(C2=NN(C3=NC(=O)C(CC(=O)Nc4ccccc4)S3)C(c3cccc(F)c3)C2)cc1. The summed E-state index contributed by atoms with van der Waals surface area (Å²) < 4.78 is 14.0. The van der Waals surface area contributed by atoms with E-state index in [-0.39, 0.29) is 30.1 Å². The van der Waals surface area contributed by atoms with E-state index >= 15 is 0 Å². The van der Waals surface area contributed by atoms with Crippen molar-refractivity contribution in [2.75, 3.05) is 5.32 Å². The number of benzene rings is 3. The summed E-state index contributed by atoms with van der Waals surface area (Å²) in [6.07, 6.45) is 0.540. The first-order chi connectivity index (χ1) is 17.0. The van der Waals surface area contributed by atoms with Crippen LogP contribution in [0, 0.1) is 12.7 Å². The van der Waals surface area contributed by atoms with Gasteiger partial charge < -0.3 is 5.32 Å². The van der Waals surface area contributed by atoms with Gasteiger partial charge in [0.05, 0.1) is 11.8 Å². The summed E-state index contributed by atoms with van der Waals surface area (Å²) in [5, 5.41) is 9.08. The van der Waals surface area contributed by atoms with Gasteiger partial charge in [-0.15, -0.1) is 0 Å². The number of nitrogens with zero attached hydrogens (tertiary/aromatic N) is 3. The van der Waals surface area contributed by atoms with Crippen molar-refractivity contribution in [1.29, 1.82) is 0 Å². The van der Waals surface area contributed by atoms with Gasteiger partial charge in [0.25, 0.3) is 5.91 Å². The van der Waals surface area contributed by atoms with Crippen LogP contribution < -0.4 is 5.32 Å². The molecule has 2 aliphatic rings. The average Bonchev–Trinajstić information content (AvgIpc) is 3.44. The monoisotopic (exact) mass is 486 g/mol. The van der Waals surface area contributed by atoms with Crippen LogP contribution >= 0.6 is 11.8 Å². The van der Waals surface area contributed by atoms with Crippen LogP contribution in [-0.2, 0) is 9.59 Å². The summed E-state index contributed by atoms with van der Waals surface area (Å²) in [7, 11) is 0. The van der Waals surface area contributed by atoms with Crippen LogP contribution in [0.25, 0.3) is 0 Å². The van der Waals surface area contributed by atoms with Gasteiger partial charge in [-0.1, -0.05) is 71.9 Å². The minimum atomic E-state index is -0.638. The lowest BCUT2D eigenvalue weighted by molar-refractivity contribution is -0.121.